The predicted octanol–water partition coefficient (Wildman–Crippen LogP) is 2.85. The van der Waals surface area contributed by atoms with Gasteiger partial charge in [0.05, 0.1) is 11.2 Å². The van der Waals surface area contributed by atoms with Crippen molar-refractivity contribution in [2.24, 2.45) is 0 Å². The Bertz CT molecular complexity index is 442. The van der Waals surface area contributed by atoms with Crippen molar-refractivity contribution in [2.45, 2.75) is 0 Å². The monoisotopic (exact) mass is 225 g/mol. The van der Waals surface area contributed by atoms with Gasteiger partial charge < -0.3 is 0 Å². The average molecular weight is 226 g/mol. The van der Waals surface area contributed by atoms with Crippen LogP contribution in [-0.2, 0) is 0 Å². The molecule has 0 saturated carbocycles. The molecule has 0 aliphatic heterocycles. The second-order valence-electron chi connectivity index (χ2n) is 2.59. The topological polar surface area (TPSA) is 38.7 Å². The molecule has 0 N–H and O–H groups in total. The van der Waals surface area contributed by atoms with Crippen LogP contribution in [0, 0.1) is 0 Å². The lowest BCUT2D eigenvalue weighted by molar-refractivity contribution is 0.977. The minimum atomic E-state index is 0.126. The van der Waals surface area contributed by atoms with Crippen LogP contribution in [0.2, 0.25) is 10.3 Å². The molecule has 1 heterocycles. The molecule has 2 aromatic rings. The summed E-state index contributed by atoms with van der Waals surface area (Å²) in [6.07, 6.45) is 1.54. The van der Waals surface area contributed by atoms with Gasteiger partial charge in [0.15, 0.2) is 0 Å². The van der Waals surface area contributed by atoms with E-state index in [1.165, 1.54) is 6.20 Å². The highest BCUT2D eigenvalue weighted by molar-refractivity contribution is 6.33. The summed E-state index contributed by atoms with van der Waals surface area (Å²) in [7, 11) is 0. The Hall–Kier alpha value is -1.19. The number of halogens is 2. The lowest BCUT2D eigenvalue weighted by Crippen LogP contribution is -1.90. The third kappa shape index (κ3) is 1.84. The number of nitrogens with zero attached hydrogens (tertiary/aromatic N) is 3. The van der Waals surface area contributed by atoms with Gasteiger partial charge in [-0.2, -0.15) is 0 Å². The highest BCUT2D eigenvalue weighted by Gasteiger charge is 2.04. The van der Waals surface area contributed by atoms with E-state index in [-0.39, 0.29) is 5.28 Å². The highest BCUT2D eigenvalue weighted by atomic mass is 35.5. The normalized spacial score (nSPS) is 10.1. The summed E-state index contributed by atoms with van der Waals surface area (Å²) >= 11 is 11.5. The van der Waals surface area contributed by atoms with Gasteiger partial charge in [0, 0.05) is 5.56 Å². The molecule has 0 radical (unpaired) electrons. The van der Waals surface area contributed by atoms with Gasteiger partial charge in [-0.3, -0.25) is 0 Å². The lowest BCUT2D eigenvalue weighted by Gasteiger charge is -2.00. The molecule has 0 aliphatic carbocycles. The fraction of sp³-hybridized carbons (Fsp3) is 0. The maximum absolute atomic E-state index is 5.97. The molecule has 70 valence electrons. The smallest absolute Gasteiger partial charge is 0.223 e. The SMILES string of the molecule is Clc1ncc(-c2ccccc2Cl)nn1. The van der Waals surface area contributed by atoms with Crippen LogP contribution in [0.3, 0.4) is 0 Å². The van der Waals surface area contributed by atoms with Crippen LogP contribution in [0.1, 0.15) is 0 Å². The molecule has 0 bridgehead atoms. The molecule has 1 aromatic heterocycles. The Morgan fingerprint density at radius 3 is 2.43 bits per heavy atom. The van der Waals surface area contributed by atoms with E-state index in [0.717, 1.165) is 5.56 Å². The first-order chi connectivity index (χ1) is 6.77. The minimum absolute atomic E-state index is 0.126. The number of aromatic nitrogens is 3. The van der Waals surface area contributed by atoms with Crippen LogP contribution in [0.15, 0.2) is 30.5 Å². The number of rotatable bonds is 1. The zero-order valence-electron chi connectivity index (χ0n) is 6.98. The zero-order chi connectivity index (χ0) is 9.97. The summed E-state index contributed by atoms with van der Waals surface area (Å²) in [6, 6.07) is 7.36. The molecule has 0 unspecified atom stereocenters. The summed E-state index contributed by atoms with van der Waals surface area (Å²) in [4.78, 5) is 3.83. The molecule has 0 amide bonds. The van der Waals surface area contributed by atoms with E-state index in [1.54, 1.807) is 6.07 Å². The quantitative estimate of drug-likeness (QED) is 0.750. The first-order valence-electron chi connectivity index (χ1n) is 3.87. The van der Waals surface area contributed by atoms with Crippen LogP contribution < -0.4 is 0 Å². The summed E-state index contributed by atoms with van der Waals surface area (Å²) in [6.45, 7) is 0. The van der Waals surface area contributed by atoms with Crippen molar-refractivity contribution in [1.29, 1.82) is 0 Å². The van der Waals surface area contributed by atoms with Crippen molar-refractivity contribution in [2.75, 3.05) is 0 Å². The molecular formula is C9H5Cl2N3. The van der Waals surface area contributed by atoms with Gasteiger partial charge >= 0.3 is 0 Å². The summed E-state index contributed by atoms with van der Waals surface area (Å²) in [5.41, 5.74) is 1.41. The van der Waals surface area contributed by atoms with Gasteiger partial charge in [0.2, 0.25) is 5.28 Å². The van der Waals surface area contributed by atoms with Crippen LogP contribution >= 0.6 is 23.2 Å². The average Bonchev–Trinajstić information content (AvgIpc) is 2.20. The maximum atomic E-state index is 5.97. The first kappa shape index (κ1) is 9.37. The van der Waals surface area contributed by atoms with Crippen molar-refractivity contribution in [3.63, 3.8) is 0 Å². The van der Waals surface area contributed by atoms with Gasteiger partial charge in [0.1, 0.15) is 5.69 Å². The van der Waals surface area contributed by atoms with E-state index in [1.807, 2.05) is 18.2 Å². The van der Waals surface area contributed by atoms with E-state index in [4.69, 9.17) is 23.2 Å². The lowest BCUT2D eigenvalue weighted by atomic mass is 10.2. The van der Waals surface area contributed by atoms with Gasteiger partial charge in [-0.1, -0.05) is 29.8 Å². The van der Waals surface area contributed by atoms with Crippen molar-refractivity contribution < 1.29 is 0 Å². The number of hydrogen-bond acceptors (Lipinski definition) is 3. The molecule has 14 heavy (non-hydrogen) atoms. The molecule has 0 aliphatic rings. The summed E-state index contributed by atoms with van der Waals surface area (Å²) in [5.74, 6) is 0. The Morgan fingerprint density at radius 2 is 1.79 bits per heavy atom. The van der Waals surface area contributed by atoms with E-state index < -0.39 is 0 Å². The van der Waals surface area contributed by atoms with Crippen molar-refractivity contribution in [3.8, 4) is 11.3 Å². The van der Waals surface area contributed by atoms with Crippen LogP contribution in [0.5, 0.6) is 0 Å². The fourth-order valence-electron chi connectivity index (χ4n) is 1.05. The summed E-state index contributed by atoms with van der Waals surface area (Å²) < 4.78 is 0. The van der Waals surface area contributed by atoms with Gasteiger partial charge in [-0.25, -0.2) is 4.98 Å². The van der Waals surface area contributed by atoms with Gasteiger partial charge in [-0.05, 0) is 17.7 Å². The van der Waals surface area contributed by atoms with E-state index in [0.29, 0.717) is 10.7 Å². The fourth-order valence-corrected chi connectivity index (χ4v) is 1.37. The third-order valence-electron chi connectivity index (χ3n) is 1.68. The van der Waals surface area contributed by atoms with Crippen molar-refractivity contribution in [1.82, 2.24) is 15.2 Å². The van der Waals surface area contributed by atoms with Gasteiger partial charge in [0.25, 0.3) is 0 Å². The third-order valence-corrected chi connectivity index (χ3v) is 2.19. The predicted molar refractivity (Wildman–Crippen MR) is 55.3 cm³/mol. The minimum Gasteiger partial charge on any atom is -0.223 e. The second-order valence-corrected chi connectivity index (χ2v) is 3.34. The molecule has 3 nitrogen and oxygen atoms in total. The molecule has 1 aromatic carbocycles. The number of hydrogen-bond donors (Lipinski definition) is 0. The molecule has 5 heteroatoms. The zero-order valence-corrected chi connectivity index (χ0v) is 8.50. The first-order valence-corrected chi connectivity index (χ1v) is 4.63. The molecule has 0 spiro atoms. The Balaban J connectivity index is 2.50. The summed E-state index contributed by atoms with van der Waals surface area (Å²) in [5, 5.41) is 8.27. The van der Waals surface area contributed by atoms with Crippen molar-refractivity contribution in [3.05, 3.63) is 40.8 Å². The van der Waals surface area contributed by atoms with E-state index in [9.17, 15) is 0 Å². The Kier molecular flexibility index (Phi) is 2.61. The Labute approximate surface area is 90.7 Å². The van der Waals surface area contributed by atoms with E-state index >= 15 is 0 Å². The molecule has 0 saturated heterocycles. The highest BCUT2D eigenvalue weighted by Crippen LogP contribution is 2.24. The van der Waals surface area contributed by atoms with E-state index in [2.05, 4.69) is 15.2 Å². The largest absolute Gasteiger partial charge is 0.242 e. The molecule has 0 fully saturated rings. The maximum Gasteiger partial charge on any atom is 0.242 e. The molecule has 0 atom stereocenters. The second kappa shape index (κ2) is 3.90. The molecule has 2 rings (SSSR count). The van der Waals surface area contributed by atoms with Crippen molar-refractivity contribution >= 4 is 23.2 Å². The van der Waals surface area contributed by atoms with Crippen LogP contribution in [0.25, 0.3) is 11.3 Å². The van der Waals surface area contributed by atoms with Gasteiger partial charge in [-0.15, -0.1) is 10.2 Å². The van der Waals surface area contributed by atoms with Crippen LogP contribution in [0.4, 0.5) is 0 Å². The molecular weight excluding hydrogens is 221 g/mol. The number of benzene rings is 1. The van der Waals surface area contributed by atoms with Crippen LogP contribution in [-0.4, -0.2) is 15.2 Å². The standard InChI is InChI=1S/C9H5Cl2N3/c10-7-4-2-1-3-6(7)8-5-12-9(11)14-13-8/h1-5H. The Morgan fingerprint density at radius 1 is 1.00 bits per heavy atom.